The van der Waals surface area contributed by atoms with Gasteiger partial charge in [-0.15, -0.1) is 0 Å². The fourth-order valence-corrected chi connectivity index (χ4v) is 2.19. The zero-order chi connectivity index (χ0) is 12.1. The second-order valence-corrected chi connectivity index (χ2v) is 4.45. The van der Waals surface area contributed by atoms with Crippen molar-refractivity contribution in [3.8, 4) is 0 Å². The predicted octanol–water partition coefficient (Wildman–Crippen LogP) is 2.65. The molecule has 1 aliphatic carbocycles. The summed E-state index contributed by atoms with van der Waals surface area (Å²) in [6.07, 6.45) is 6.27. The lowest BCUT2D eigenvalue weighted by Crippen LogP contribution is -2.14. The molecule has 0 radical (unpaired) electrons. The highest BCUT2D eigenvalue weighted by Gasteiger charge is 2.15. The molecule has 0 spiro atoms. The van der Waals surface area contributed by atoms with Crippen molar-refractivity contribution in [2.24, 2.45) is 5.92 Å². The largest absolute Gasteiger partial charge is 0.367 e. The van der Waals surface area contributed by atoms with E-state index in [0.717, 1.165) is 13.1 Å². The summed E-state index contributed by atoms with van der Waals surface area (Å²) in [6, 6.07) is 0. The maximum absolute atomic E-state index is 13.5. The first-order valence-corrected chi connectivity index (χ1v) is 6.30. The Balaban J connectivity index is 1.95. The molecular weight excluding hydrogens is 219 g/mol. The third kappa shape index (κ3) is 3.28. The van der Waals surface area contributed by atoms with E-state index in [1.54, 1.807) is 0 Å². The summed E-state index contributed by atoms with van der Waals surface area (Å²) in [6.45, 7) is 3.49. The van der Waals surface area contributed by atoms with Crippen LogP contribution in [0.25, 0.3) is 0 Å². The van der Waals surface area contributed by atoms with Gasteiger partial charge in [0.05, 0.1) is 6.20 Å². The Morgan fingerprint density at radius 3 is 2.82 bits per heavy atom. The van der Waals surface area contributed by atoms with Gasteiger partial charge in [0.2, 0.25) is 5.95 Å². The number of hydrogen-bond donors (Lipinski definition) is 2. The molecule has 0 aromatic carbocycles. The Morgan fingerprint density at radius 2 is 2.12 bits per heavy atom. The van der Waals surface area contributed by atoms with Gasteiger partial charge in [-0.3, -0.25) is 0 Å². The monoisotopic (exact) mass is 238 g/mol. The smallest absolute Gasteiger partial charge is 0.224 e. The summed E-state index contributed by atoms with van der Waals surface area (Å²) in [7, 11) is 0. The van der Waals surface area contributed by atoms with Crippen molar-refractivity contribution in [3.05, 3.63) is 12.0 Å². The number of hydrogen-bond acceptors (Lipinski definition) is 4. The van der Waals surface area contributed by atoms with Gasteiger partial charge in [0.1, 0.15) is 0 Å². The number of rotatable bonds is 5. The molecular formula is C12H19FN4. The van der Waals surface area contributed by atoms with Crippen LogP contribution in [0.3, 0.4) is 0 Å². The maximum atomic E-state index is 13.5. The molecule has 1 saturated carbocycles. The quantitative estimate of drug-likeness (QED) is 0.828. The highest BCUT2D eigenvalue weighted by Crippen LogP contribution is 2.25. The first kappa shape index (κ1) is 12.1. The second-order valence-electron chi connectivity index (χ2n) is 4.45. The predicted molar refractivity (Wildman–Crippen MR) is 66.6 cm³/mol. The lowest BCUT2D eigenvalue weighted by molar-refractivity contribution is 0.570. The van der Waals surface area contributed by atoms with E-state index in [0.29, 0.717) is 17.7 Å². The maximum Gasteiger partial charge on any atom is 0.224 e. The molecule has 17 heavy (non-hydrogen) atoms. The van der Waals surface area contributed by atoms with Crippen molar-refractivity contribution in [3.63, 3.8) is 0 Å². The van der Waals surface area contributed by atoms with E-state index < -0.39 is 0 Å². The average Bonchev–Trinajstić information content (AvgIpc) is 2.83. The van der Waals surface area contributed by atoms with Crippen LogP contribution in [0.15, 0.2) is 6.20 Å². The Kier molecular flexibility index (Phi) is 4.12. The Labute approximate surface area is 101 Å². The molecule has 0 aliphatic heterocycles. The summed E-state index contributed by atoms with van der Waals surface area (Å²) in [5.74, 6) is 1.06. The highest BCUT2D eigenvalue weighted by atomic mass is 19.1. The molecule has 0 bridgehead atoms. The summed E-state index contributed by atoms with van der Waals surface area (Å²) in [4.78, 5) is 7.99. The summed E-state index contributed by atoms with van der Waals surface area (Å²) < 4.78 is 13.5. The molecule has 2 N–H and O–H groups in total. The minimum Gasteiger partial charge on any atom is -0.367 e. The fraction of sp³-hybridized carbons (Fsp3) is 0.667. The third-order valence-corrected chi connectivity index (χ3v) is 3.11. The van der Waals surface area contributed by atoms with Gasteiger partial charge in [0.15, 0.2) is 11.6 Å². The van der Waals surface area contributed by atoms with Gasteiger partial charge in [-0.1, -0.05) is 12.8 Å². The van der Waals surface area contributed by atoms with Crippen LogP contribution in [-0.2, 0) is 0 Å². The van der Waals surface area contributed by atoms with Gasteiger partial charge in [-0.05, 0) is 25.7 Å². The van der Waals surface area contributed by atoms with Crippen LogP contribution in [0.2, 0.25) is 0 Å². The Hall–Kier alpha value is -1.39. The van der Waals surface area contributed by atoms with Gasteiger partial charge in [-0.2, -0.15) is 4.98 Å². The fourth-order valence-electron chi connectivity index (χ4n) is 2.19. The average molecular weight is 238 g/mol. The van der Waals surface area contributed by atoms with Crippen LogP contribution in [0.4, 0.5) is 16.2 Å². The number of aromatic nitrogens is 2. The van der Waals surface area contributed by atoms with E-state index in [1.807, 2.05) is 6.92 Å². The summed E-state index contributed by atoms with van der Waals surface area (Å²) >= 11 is 0. The van der Waals surface area contributed by atoms with Crippen LogP contribution < -0.4 is 10.6 Å². The van der Waals surface area contributed by atoms with Gasteiger partial charge < -0.3 is 10.6 Å². The SMILES string of the molecule is CCNc1ncc(F)c(NCC2CCCC2)n1. The minimum atomic E-state index is -0.385. The molecule has 2 rings (SSSR count). The van der Waals surface area contributed by atoms with E-state index in [9.17, 15) is 4.39 Å². The van der Waals surface area contributed by atoms with Crippen molar-refractivity contribution < 1.29 is 4.39 Å². The first-order chi connectivity index (χ1) is 8.29. The Bertz CT molecular complexity index is 364. The highest BCUT2D eigenvalue weighted by molar-refractivity contribution is 5.40. The van der Waals surface area contributed by atoms with Gasteiger partial charge >= 0.3 is 0 Å². The Morgan fingerprint density at radius 1 is 1.35 bits per heavy atom. The number of nitrogens with one attached hydrogen (secondary N) is 2. The van der Waals surface area contributed by atoms with Crippen LogP contribution in [0.1, 0.15) is 32.6 Å². The molecule has 1 aliphatic rings. The van der Waals surface area contributed by atoms with Crippen molar-refractivity contribution in [1.29, 1.82) is 0 Å². The summed E-state index contributed by atoms with van der Waals surface area (Å²) in [5.41, 5.74) is 0. The van der Waals surface area contributed by atoms with Crippen molar-refractivity contribution in [2.75, 3.05) is 23.7 Å². The molecule has 4 nitrogen and oxygen atoms in total. The third-order valence-electron chi connectivity index (χ3n) is 3.11. The minimum absolute atomic E-state index is 0.308. The lowest BCUT2D eigenvalue weighted by Gasteiger charge is -2.12. The molecule has 1 aromatic rings. The number of halogens is 1. The molecule has 94 valence electrons. The molecule has 0 amide bonds. The molecule has 0 atom stereocenters. The van der Waals surface area contributed by atoms with Crippen LogP contribution in [0, 0.1) is 11.7 Å². The van der Waals surface area contributed by atoms with Crippen LogP contribution in [-0.4, -0.2) is 23.1 Å². The van der Waals surface area contributed by atoms with E-state index in [1.165, 1.54) is 31.9 Å². The van der Waals surface area contributed by atoms with Gasteiger partial charge in [0, 0.05) is 13.1 Å². The number of nitrogens with zero attached hydrogens (tertiary/aromatic N) is 2. The van der Waals surface area contributed by atoms with E-state index >= 15 is 0 Å². The lowest BCUT2D eigenvalue weighted by atomic mass is 10.1. The topological polar surface area (TPSA) is 49.8 Å². The summed E-state index contributed by atoms with van der Waals surface area (Å²) in [5, 5.41) is 6.06. The molecule has 1 aromatic heterocycles. The zero-order valence-corrected chi connectivity index (χ0v) is 10.2. The second kappa shape index (κ2) is 5.80. The van der Waals surface area contributed by atoms with Crippen LogP contribution >= 0.6 is 0 Å². The van der Waals surface area contributed by atoms with Crippen molar-refractivity contribution in [2.45, 2.75) is 32.6 Å². The standard InChI is InChI=1S/C12H19FN4/c1-2-14-12-16-8-10(13)11(17-12)15-7-9-5-3-4-6-9/h8-9H,2-7H2,1H3,(H2,14,15,16,17). The van der Waals surface area contributed by atoms with E-state index in [4.69, 9.17) is 0 Å². The van der Waals surface area contributed by atoms with E-state index in [2.05, 4.69) is 20.6 Å². The number of anilines is 2. The molecule has 5 heteroatoms. The van der Waals surface area contributed by atoms with E-state index in [-0.39, 0.29) is 5.82 Å². The van der Waals surface area contributed by atoms with Crippen LogP contribution in [0.5, 0.6) is 0 Å². The van der Waals surface area contributed by atoms with Crippen molar-refractivity contribution in [1.82, 2.24) is 9.97 Å². The first-order valence-electron chi connectivity index (χ1n) is 6.30. The molecule has 0 unspecified atom stereocenters. The van der Waals surface area contributed by atoms with Gasteiger partial charge in [-0.25, -0.2) is 9.37 Å². The zero-order valence-electron chi connectivity index (χ0n) is 10.2. The van der Waals surface area contributed by atoms with Crippen molar-refractivity contribution >= 4 is 11.8 Å². The molecule has 1 fully saturated rings. The normalized spacial score (nSPS) is 16.1. The molecule has 0 saturated heterocycles. The van der Waals surface area contributed by atoms with Gasteiger partial charge in [0.25, 0.3) is 0 Å². The molecule has 1 heterocycles.